The Labute approximate surface area is 209 Å². The van der Waals surface area contributed by atoms with Gasteiger partial charge in [0.1, 0.15) is 18.1 Å². The highest BCUT2D eigenvalue weighted by molar-refractivity contribution is 5.94. The standard InChI is InChI=1S/C27H31N3O6/c1-17-22(18(2)36-29-17)15-33-21-8-6-20(7-9-21)27(32)28-23-14-30(11-3-4-24(23)31)13-19-5-10-25-26(12-19)35-16-34-25/h5-10,12,23-24,31H,3-4,11,13-16H2,1-2H3,(H,28,32)/t23-,24+/m0/s1. The van der Waals surface area contributed by atoms with E-state index in [0.29, 0.717) is 37.4 Å². The van der Waals surface area contributed by atoms with Gasteiger partial charge in [-0.3, -0.25) is 9.69 Å². The maximum atomic E-state index is 13.0. The molecule has 1 fully saturated rings. The fraction of sp³-hybridized carbons (Fsp3) is 0.407. The van der Waals surface area contributed by atoms with Crippen LogP contribution in [0, 0.1) is 13.8 Å². The molecule has 9 heteroatoms. The number of aryl methyl sites for hydroxylation is 2. The van der Waals surface area contributed by atoms with E-state index >= 15 is 0 Å². The van der Waals surface area contributed by atoms with E-state index in [1.54, 1.807) is 24.3 Å². The van der Waals surface area contributed by atoms with Crippen LogP contribution in [0.15, 0.2) is 47.0 Å². The van der Waals surface area contributed by atoms with E-state index < -0.39 is 6.10 Å². The lowest BCUT2D eigenvalue weighted by Crippen LogP contribution is -2.48. The molecule has 2 aliphatic rings. The minimum absolute atomic E-state index is 0.221. The lowest BCUT2D eigenvalue weighted by Gasteiger charge is -2.27. The summed E-state index contributed by atoms with van der Waals surface area (Å²) >= 11 is 0. The molecule has 9 nitrogen and oxygen atoms in total. The number of fused-ring (bicyclic) bond motifs is 1. The van der Waals surface area contributed by atoms with Crippen LogP contribution >= 0.6 is 0 Å². The molecule has 1 amide bonds. The molecule has 190 valence electrons. The molecule has 0 unspecified atom stereocenters. The zero-order valence-electron chi connectivity index (χ0n) is 20.5. The van der Waals surface area contributed by atoms with E-state index in [9.17, 15) is 9.90 Å². The van der Waals surface area contributed by atoms with Crippen molar-refractivity contribution < 1.29 is 28.6 Å². The molecule has 2 N–H and O–H groups in total. The van der Waals surface area contributed by atoms with Gasteiger partial charge in [0, 0.05) is 18.7 Å². The fourth-order valence-corrected chi connectivity index (χ4v) is 4.62. The first kappa shape index (κ1) is 24.1. The number of amides is 1. The van der Waals surface area contributed by atoms with E-state index in [1.165, 1.54) is 0 Å². The number of hydrogen-bond donors (Lipinski definition) is 2. The quantitative estimate of drug-likeness (QED) is 0.516. The third-order valence-corrected chi connectivity index (χ3v) is 6.73. The molecule has 3 aromatic rings. The van der Waals surface area contributed by atoms with Gasteiger partial charge in [0.15, 0.2) is 11.5 Å². The Bertz CT molecular complexity index is 1190. The number of nitrogens with zero attached hydrogens (tertiary/aromatic N) is 2. The van der Waals surface area contributed by atoms with E-state index in [2.05, 4.69) is 15.4 Å². The van der Waals surface area contributed by atoms with Crippen LogP contribution in [0.2, 0.25) is 0 Å². The van der Waals surface area contributed by atoms with Crippen LogP contribution in [0.25, 0.3) is 0 Å². The topological polar surface area (TPSA) is 106 Å². The number of rotatable bonds is 7. The molecule has 3 heterocycles. The van der Waals surface area contributed by atoms with Gasteiger partial charge in [0.25, 0.3) is 5.91 Å². The maximum Gasteiger partial charge on any atom is 0.251 e. The third-order valence-electron chi connectivity index (χ3n) is 6.73. The van der Waals surface area contributed by atoms with Gasteiger partial charge in [0.2, 0.25) is 6.79 Å². The van der Waals surface area contributed by atoms with Crippen molar-refractivity contribution in [1.29, 1.82) is 0 Å². The lowest BCUT2D eigenvalue weighted by atomic mass is 10.1. The van der Waals surface area contributed by atoms with E-state index in [-0.39, 0.29) is 18.7 Å². The molecule has 36 heavy (non-hydrogen) atoms. The van der Waals surface area contributed by atoms with Gasteiger partial charge in [-0.2, -0.15) is 0 Å². The predicted octanol–water partition coefficient (Wildman–Crippen LogP) is 3.35. The molecule has 0 aliphatic carbocycles. The number of ether oxygens (including phenoxy) is 3. The average Bonchev–Trinajstić information content (AvgIpc) is 3.42. The number of aliphatic hydroxyl groups is 1. The van der Waals surface area contributed by atoms with Crippen LogP contribution in [0.4, 0.5) is 0 Å². The summed E-state index contributed by atoms with van der Waals surface area (Å²) < 4.78 is 21.9. The lowest BCUT2D eigenvalue weighted by molar-refractivity contribution is 0.0798. The van der Waals surface area contributed by atoms with Crippen molar-refractivity contribution in [3.05, 3.63) is 70.6 Å². The second kappa shape index (κ2) is 10.6. The molecule has 1 aromatic heterocycles. The normalized spacial score (nSPS) is 19.6. The van der Waals surface area contributed by atoms with Crippen molar-refractivity contribution in [1.82, 2.24) is 15.4 Å². The number of benzene rings is 2. The van der Waals surface area contributed by atoms with Crippen molar-refractivity contribution in [3.63, 3.8) is 0 Å². The summed E-state index contributed by atoms with van der Waals surface area (Å²) in [5, 5.41) is 17.7. The van der Waals surface area contributed by atoms with Crippen LogP contribution in [-0.2, 0) is 13.2 Å². The third kappa shape index (κ3) is 5.47. The van der Waals surface area contributed by atoms with Crippen molar-refractivity contribution in [2.24, 2.45) is 0 Å². The minimum Gasteiger partial charge on any atom is -0.489 e. The molecule has 0 spiro atoms. The van der Waals surface area contributed by atoms with Gasteiger partial charge in [-0.1, -0.05) is 11.2 Å². The van der Waals surface area contributed by atoms with Crippen LogP contribution in [0.3, 0.4) is 0 Å². The maximum absolute atomic E-state index is 13.0. The summed E-state index contributed by atoms with van der Waals surface area (Å²) in [6.45, 7) is 6.42. The second-order valence-electron chi connectivity index (χ2n) is 9.33. The first-order valence-electron chi connectivity index (χ1n) is 12.2. The molecule has 0 bridgehead atoms. The van der Waals surface area contributed by atoms with Gasteiger partial charge in [-0.25, -0.2) is 0 Å². The average molecular weight is 494 g/mol. The van der Waals surface area contributed by atoms with Crippen molar-refractivity contribution in [2.75, 3.05) is 19.9 Å². The van der Waals surface area contributed by atoms with E-state index in [0.717, 1.165) is 47.0 Å². The Morgan fingerprint density at radius 2 is 1.97 bits per heavy atom. The highest BCUT2D eigenvalue weighted by Gasteiger charge is 2.28. The summed E-state index contributed by atoms with van der Waals surface area (Å²) in [7, 11) is 0. The van der Waals surface area contributed by atoms with Crippen molar-refractivity contribution >= 4 is 5.91 Å². The van der Waals surface area contributed by atoms with Gasteiger partial charge < -0.3 is 29.2 Å². The van der Waals surface area contributed by atoms with Crippen molar-refractivity contribution in [3.8, 4) is 17.2 Å². The monoisotopic (exact) mass is 493 g/mol. The minimum atomic E-state index is -0.603. The Kier molecular flexibility index (Phi) is 7.11. The number of aliphatic hydroxyl groups excluding tert-OH is 1. The van der Waals surface area contributed by atoms with Gasteiger partial charge in [-0.05, 0) is 75.2 Å². The molecule has 2 atom stereocenters. The molecule has 1 saturated heterocycles. The van der Waals surface area contributed by atoms with Crippen LogP contribution in [0.5, 0.6) is 17.2 Å². The molecule has 2 aromatic carbocycles. The number of hydrogen-bond acceptors (Lipinski definition) is 8. The number of likely N-dealkylation sites (tertiary alicyclic amines) is 1. The Morgan fingerprint density at radius 3 is 2.75 bits per heavy atom. The van der Waals surface area contributed by atoms with Gasteiger partial charge >= 0.3 is 0 Å². The number of aromatic nitrogens is 1. The fourth-order valence-electron chi connectivity index (χ4n) is 4.62. The molecular formula is C27H31N3O6. The number of carbonyl (C=O) groups excluding carboxylic acids is 1. The largest absolute Gasteiger partial charge is 0.489 e. The highest BCUT2D eigenvalue weighted by atomic mass is 16.7. The molecule has 2 aliphatic heterocycles. The smallest absolute Gasteiger partial charge is 0.251 e. The van der Waals surface area contributed by atoms with E-state index in [4.69, 9.17) is 18.7 Å². The summed E-state index contributed by atoms with van der Waals surface area (Å²) in [5.74, 6) is 2.68. The summed E-state index contributed by atoms with van der Waals surface area (Å²) in [5.41, 5.74) is 3.34. The number of carbonyl (C=O) groups is 1. The molecule has 5 rings (SSSR count). The van der Waals surface area contributed by atoms with E-state index in [1.807, 2.05) is 32.0 Å². The Balaban J connectivity index is 1.18. The second-order valence-corrected chi connectivity index (χ2v) is 9.33. The first-order chi connectivity index (χ1) is 17.5. The first-order valence-corrected chi connectivity index (χ1v) is 12.2. The van der Waals surface area contributed by atoms with Crippen LogP contribution in [0.1, 0.15) is 45.8 Å². The number of nitrogens with one attached hydrogen (secondary N) is 1. The molecule has 0 radical (unpaired) electrons. The highest BCUT2D eigenvalue weighted by Crippen LogP contribution is 2.33. The van der Waals surface area contributed by atoms with Crippen molar-refractivity contribution in [2.45, 2.75) is 52.0 Å². The van der Waals surface area contributed by atoms with Crippen LogP contribution in [-0.4, -0.2) is 53.1 Å². The zero-order chi connectivity index (χ0) is 25.1. The molecule has 0 saturated carbocycles. The summed E-state index contributed by atoms with van der Waals surface area (Å²) in [6.07, 6.45) is 0.889. The zero-order valence-corrected chi connectivity index (χ0v) is 20.5. The van der Waals surface area contributed by atoms with Gasteiger partial charge in [0.05, 0.1) is 23.4 Å². The SMILES string of the molecule is Cc1noc(C)c1COc1ccc(C(=O)N[C@H]2CN(Cc3ccc4c(c3)OCO4)CCC[C@H]2O)cc1. The van der Waals surface area contributed by atoms with Gasteiger partial charge in [-0.15, -0.1) is 0 Å². The molecular weight excluding hydrogens is 462 g/mol. The summed E-state index contributed by atoms with van der Waals surface area (Å²) in [6, 6.07) is 12.6. The van der Waals surface area contributed by atoms with Crippen LogP contribution < -0.4 is 19.5 Å². The Hall–Kier alpha value is -3.56. The predicted molar refractivity (Wildman–Crippen MR) is 131 cm³/mol. The Morgan fingerprint density at radius 1 is 1.17 bits per heavy atom. The summed E-state index contributed by atoms with van der Waals surface area (Å²) in [4.78, 5) is 15.2.